The number of anilines is 1. The summed E-state index contributed by atoms with van der Waals surface area (Å²) in [5.41, 5.74) is 0.0118. The Hall–Kier alpha value is -1.54. The zero-order chi connectivity index (χ0) is 15.4. The number of rotatable bonds is 2. The number of ether oxygens (including phenoxy) is 1. The molecular weight excluding hydrogens is 331 g/mol. The molecule has 1 aliphatic carbocycles. The maximum Gasteiger partial charge on any atom is 0.228 e. The van der Waals surface area contributed by atoms with Crippen molar-refractivity contribution in [1.29, 1.82) is 0 Å². The molecule has 6 nitrogen and oxygen atoms in total. The predicted octanol–water partition coefficient (Wildman–Crippen LogP) is 1.92. The fourth-order valence-corrected chi connectivity index (χ4v) is 3.21. The summed E-state index contributed by atoms with van der Waals surface area (Å²) in [7, 11) is -1.43. The van der Waals surface area contributed by atoms with E-state index in [0.29, 0.717) is 30.4 Å². The molecule has 2 aromatic rings. The molecule has 4 rings (SSSR count). The SMILES string of the molecule is CS(=O)c1nc2c3c(nc(Cl)c(F)c3n1)OCCN2C1CC1. The van der Waals surface area contributed by atoms with Crippen molar-refractivity contribution >= 4 is 39.1 Å². The van der Waals surface area contributed by atoms with Gasteiger partial charge in [-0.2, -0.15) is 4.98 Å². The summed E-state index contributed by atoms with van der Waals surface area (Å²) in [6.07, 6.45) is 3.56. The summed E-state index contributed by atoms with van der Waals surface area (Å²) in [4.78, 5) is 14.5. The summed E-state index contributed by atoms with van der Waals surface area (Å²) >= 11 is 5.83. The average Bonchev–Trinajstić information content (AvgIpc) is 3.31. The molecule has 1 unspecified atom stereocenters. The normalized spacial score (nSPS) is 19.0. The van der Waals surface area contributed by atoms with Gasteiger partial charge in [-0.05, 0) is 12.8 Å². The van der Waals surface area contributed by atoms with Crippen LogP contribution in [0.4, 0.5) is 10.2 Å². The Balaban J connectivity index is 2.09. The molecule has 116 valence electrons. The Morgan fingerprint density at radius 1 is 1.36 bits per heavy atom. The molecular formula is C13H12ClFN4O2S. The van der Waals surface area contributed by atoms with Gasteiger partial charge in [-0.1, -0.05) is 11.6 Å². The number of hydrogen-bond donors (Lipinski definition) is 0. The van der Waals surface area contributed by atoms with Crippen molar-refractivity contribution in [2.24, 2.45) is 0 Å². The number of nitrogens with zero attached hydrogens (tertiary/aromatic N) is 4. The highest BCUT2D eigenvalue weighted by Gasteiger charge is 2.35. The Kier molecular flexibility index (Phi) is 3.19. The zero-order valence-electron chi connectivity index (χ0n) is 11.7. The first-order valence-corrected chi connectivity index (χ1v) is 8.79. The fraction of sp³-hybridized carbons (Fsp3) is 0.462. The van der Waals surface area contributed by atoms with Crippen molar-refractivity contribution in [3.8, 4) is 5.88 Å². The Morgan fingerprint density at radius 3 is 2.82 bits per heavy atom. The molecule has 22 heavy (non-hydrogen) atoms. The lowest BCUT2D eigenvalue weighted by Crippen LogP contribution is -2.30. The van der Waals surface area contributed by atoms with Crippen LogP contribution in [-0.2, 0) is 10.8 Å². The van der Waals surface area contributed by atoms with Crippen LogP contribution in [0.5, 0.6) is 5.88 Å². The summed E-state index contributed by atoms with van der Waals surface area (Å²) in [5, 5.41) is 0.183. The smallest absolute Gasteiger partial charge is 0.228 e. The number of aromatic nitrogens is 3. The van der Waals surface area contributed by atoms with Crippen LogP contribution in [0.1, 0.15) is 12.8 Å². The number of halogens is 2. The first kappa shape index (κ1) is 14.1. The summed E-state index contributed by atoms with van der Waals surface area (Å²) < 4.78 is 31.8. The molecule has 3 heterocycles. The van der Waals surface area contributed by atoms with Gasteiger partial charge < -0.3 is 9.64 Å². The second-order valence-corrected chi connectivity index (χ2v) is 6.93. The van der Waals surface area contributed by atoms with Crippen molar-refractivity contribution in [2.45, 2.75) is 24.0 Å². The molecule has 0 saturated heterocycles. The molecule has 1 fully saturated rings. The highest BCUT2D eigenvalue weighted by Crippen LogP contribution is 2.40. The van der Waals surface area contributed by atoms with Gasteiger partial charge in [0.25, 0.3) is 0 Å². The van der Waals surface area contributed by atoms with Gasteiger partial charge >= 0.3 is 0 Å². The van der Waals surface area contributed by atoms with Crippen molar-refractivity contribution < 1.29 is 13.3 Å². The average molecular weight is 343 g/mol. The Bertz CT molecular complexity index is 814. The van der Waals surface area contributed by atoms with E-state index in [2.05, 4.69) is 19.9 Å². The standard InChI is InChI=1S/C13H12ClFN4O2S/c1-22(20)13-16-9-7-11(18-13)19(6-2-3-6)4-5-21-12(7)17-10(14)8(9)15/h6H,2-5H2,1H3. The van der Waals surface area contributed by atoms with Gasteiger partial charge in [-0.15, -0.1) is 0 Å². The molecule has 0 aromatic carbocycles. The Morgan fingerprint density at radius 2 is 2.14 bits per heavy atom. The maximum absolute atomic E-state index is 14.4. The summed E-state index contributed by atoms with van der Waals surface area (Å²) in [5.74, 6) is 0.0262. The molecule has 0 N–H and O–H groups in total. The minimum absolute atomic E-state index is 0.0118. The van der Waals surface area contributed by atoms with E-state index < -0.39 is 16.6 Å². The van der Waals surface area contributed by atoms with Gasteiger partial charge in [0.15, 0.2) is 11.0 Å². The molecule has 1 saturated carbocycles. The van der Waals surface area contributed by atoms with Gasteiger partial charge in [0, 0.05) is 12.3 Å². The second-order valence-electron chi connectivity index (χ2n) is 5.30. The van der Waals surface area contributed by atoms with Crippen LogP contribution in [-0.4, -0.2) is 44.6 Å². The van der Waals surface area contributed by atoms with E-state index in [1.54, 1.807) is 0 Å². The third kappa shape index (κ3) is 2.13. The van der Waals surface area contributed by atoms with Crippen molar-refractivity contribution in [3.05, 3.63) is 11.0 Å². The molecule has 9 heteroatoms. The third-order valence-electron chi connectivity index (χ3n) is 3.76. The van der Waals surface area contributed by atoms with E-state index >= 15 is 0 Å². The molecule has 0 radical (unpaired) electrons. The minimum atomic E-state index is -1.43. The lowest BCUT2D eigenvalue weighted by molar-refractivity contribution is 0.318. The predicted molar refractivity (Wildman–Crippen MR) is 80.5 cm³/mol. The monoisotopic (exact) mass is 342 g/mol. The van der Waals surface area contributed by atoms with Crippen molar-refractivity contribution in [2.75, 3.05) is 24.3 Å². The van der Waals surface area contributed by atoms with E-state index in [9.17, 15) is 8.60 Å². The molecule has 0 bridgehead atoms. The lowest BCUT2D eigenvalue weighted by Gasteiger charge is -2.22. The number of hydrogen-bond acceptors (Lipinski definition) is 6. The summed E-state index contributed by atoms with van der Waals surface area (Å²) in [6.45, 7) is 1.02. The van der Waals surface area contributed by atoms with Crippen LogP contribution in [0, 0.1) is 5.82 Å². The highest BCUT2D eigenvalue weighted by molar-refractivity contribution is 7.84. The summed E-state index contributed by atoms with van der Waals surface area (Å²) in [6, 6.07) is 0.351. The minimum Gasteiger partial charge on any atom is -0.475 e. The van der Waals surface area contributed by atoms with Gasteiger partial charge in [0.05, 0.1) is 17.3 Å². The quantitative estimate of drug-likeness (QED) is 0.613. The second kappa shape index (κ2) is 4.99. The number of pyridine rings is 1. The van der Waals surface area contributed by atoms with Crippen LogP contribution in [0.2, 0.25) is 5.15 Å². The maximum atomic E-state index is 14.4. The fourth-order valence-electron chi connectivity index (χ4n) is 2.61. The zero-order valence-corrected chi connectivity index (χ0v) is 13.2. The van der Waals surface area contributed by atoms with Gasteiger partial charge in [0.1, 0.15) is 23.3 Å². The first-order valence-electron chi connectivity index (χ1n) is 6.86. The van der Waals surface area contributed by atoms with Crippen LogP contribution in [0.25, 0.3) is 10.9 Å². The molecule has 2 aliphatic rings. The van der Waals surface area contributed by atoms with Gasteiger partial charge in [-0.3, -0.25) is 4.21 Å². The van der Waals surface area contributed by atoms with E-state index in [1.165, 1.54) is 6.26 Å². The largest absolute Gasteiger partial charge is 0.475 e. The van der Waals surface area contributed by atoms with E-state index in [4.69, 9.17) is 16.3 Å². The third-order valence-corrected chi connectivity index (χ3v) is 4.71. The van der Waals surface area contributed by atoms with E-state index in [0.717, 1.165) is 12.8 Å². The molecule has 2 aromatic heterocycles. The van der Waals surface area contributed by atoms with Gasteiger partial charge in [0.2, 0.25) is 11.0 Å². The first-order chi connectivity index (χ1) is 10.6. The van der Waals surface area contributed by atoms with Crippen LogP contribution in [0.15, 0.2) is 5.16 Å². The van der Waals surface area contributed by atoms with Crippen LogP contribution in [0.3, 0.4) is 0 Å². The van der Waals surface area contributed by atoms with Crippen LogP contribution < -0.4 is 9.64 Å². The molecule has 1 atom stereocenters. The molecule has 1 aliphatic heterocycles. The van der Waals surface area contributed by atoms with E-state index in [-0.39, 0.29) is 21.7 Å². The van der Waals surface area contributed by atoms with Crippen molar-refractivity contribution in [3.63, 3.8) is 0 Å². The Labute approximate surface area is 133 Å². The highest BCUT2D eigenvalue weighted by atomic mass is 35.5. The van der Waals surface area contributed by atoms with Gasteiger partial charge in [-0.25, -0.2) is 14.4 Å². The lowest BCUT2D eigenvalue weighted by atomic mass is 10.2. The van der Waals surface area contributed by atoms with Crippen LogP contribution >= 0.6 is 11.6 Å². The van der Waals surface area contributed by atoms with Crippen molar-refractivity contribution in [1.82, 2.24) is 15.0 Å². The topological polar surface area (TPSA) is 68.2 Å². The molecule has 0 amide bonds. The van der Waals surface area contributed by atoms with E-state index in [1.807, 2.05) is 0 Å². The molecule has 0 spiro atoms.